The number of piperidine rings is 1. The van der Waals surface area contributed by atoms with Gasteiger partial charge in [-0.15, -0.1) is 0 Å². The zero-order chi connectivity index (χ0) is 26.9. The van der Waals surface area contributed by atoms with E-state index in [4.69, 9.17) is 4.52 Å². The normalized spacial score (nSPS) is 18.7. The monoisotopic (exact) mass is 515 g/mol. The second kappa shape index (κ2) is 10.7. The van der Waals surface area contributed by atoms with Crippen molar-refractivity contribution in [3.63, 3.8) is 0 Å². The molecule has 2 amide bonds. The number of nitrogens with one attached hydrogen (secondary N) is 1. The summed E-state index contributed by atoms with van der Waals surface area (Å²) in [4.78, 5) is 34.0. The third-order valence-corrected chi connectivity index (χ3v) is 7.55. The lowest BCUT2D eigenvalue weighted by Crippen LogP contribution is -2.40. The largest absolute Gasteiger partial charge is 0.338 e. The molecule has 1 unspecified atom stereocenters. The van der Waals surface area contributed by atoms with Crippen LogP contribution in [-0.4, -0.2) is 46.5 Å². The first-order valence-electron chi connectivity index (χ1n) is 13.5. The Morgan fingerprint density at radius 3 is 2.61 bits per heavy atom. The summed E-state index contributed by atoms with van der Waals surface area (Å²) in [5.74, 6) is 1.15. The van der Waals surface area contributed by atoms with E-state index in [0.717, 1.165) is 54.9 Å². The maximum Gasteiger partial charge on any atom is 0.241 e. The maximum atomic E-state index is 13.2. The van der Waals surface area contributed by atoms with Gasteiger partial charge < -0.3 is 14.7 Å². The summed E-state index contributed by atoms with van der Waals surface area (Å²) in [5, 5.41) is 7.27. The first-order chi connectivity index (χ1) is 18.2. The molecule has 5 rings (SSSR count). The molecule has 0 aliphatic carbocycles. The molecule has 2 aliphatic rings. The van der Waals surface area contributed by atoms with Crippen LogP contribution in [-0.2, 0) is 21.5 Å². The summed E-state index contributed by atoms with van der Waals surface area (Å²) in [6.07, 6.45) is 3.21. The smallest absolute Gasteiger partial charge is 0.241 e. The van der Waals surface area contributed by atoms with Crippen molar-refractivity contribution in [3.8, 4) is 11.4 Å². The minimum Gasteiger partial charge on any atom is -0.338 e. The van der Waals surface area contributed by atoms with E-state index < -0.39 is 0 Å². The molecule has 3 heterocycles. The Bertz CT molecular complexity index is 1310. The van der Waals surface area contributed by atoms with E-state index in [1.54, 1.807) is 0 Å². The number of hydrogen-bond acceptors (Lipinski definition) is 6. The number of benzene rings is 2. The lowest BCUT2D eigenvalue weighted by Gasteiger charge is -2.31. The predicted octanol–water partition coefficient (Wildman–Crippen LogP) is 5.32. The molecule has 0 spiro atoms. The van der Waals surface area contributed by atoms with Gasteiger partial charge in [0.25, 0.3) is 0 Å². The Morgan fingerprint density at radius 2 is 1.89 bits per heavy atom. The first-order valence-corrected chi connectivity index (χ1v) is 13.5. The lowest BCUT2D eigenvalue weighted by atomic mass is 9.87. The van der Waals surface area contributed by atoms with Crippen LogP contribution in [0.25, 0.3) is 11.4 Å². The molecule has 0 saturated carbocycles. The van der Waals surface area contributed by atoms with Crippen LogP contribution in [0.5, 0.6) is 0 Å². The highest BCUT2D eigenvalue weighted by atomic mass is 16.5. The number of hydrogen-bond donors (Lipinski definition) is 1. The van der Waals surface area contributed by atoms with Crippen molar-refractivity contribution in [3.05, 3.63) is 59.5 Å². The highest BCUT2D eigenvalue weighted by Gasteiger charge is 2.28. The molecule has 2 aliphatic heterocycles. The average Bonchev–Trinajstić information content (AvgIpc) is 3.54. The van der Waals surface area contributed by atoms with Crippen molar-refractivity contribution in [1.29, 1.82) is 0 Å². The van der Waals surface area contributed by atoms with Gasteiger partial charge in [-0.25, -0.2) is 0 Å². The molecule has 3 aromatic rings. The van der Waals surface area contributed by atoms with Gasteiger partial charge in [-0.3, -0.25) is 14.5 Å². The van der Waals surface area contributed by atoms with Crippen LogP contribution in [0.1, 0.15) is 63.5 Å². The van der Waals surface area contributed by atoms with Crippen molar-refractivity contribution in [2.45, 2.75) is 65.3 Å². The van der Waals surface area contributed by atoms with Crippen molar-refractivity contribution in [2.24, 2.45) is 5.92 Å². The lowest BCUT2D eigenvalue weighted by molar-refractivity contribution is -0.121. The maximum absolute atomic E-state index is 13.2. The van der Waals surface area contributed by atoms with Gasteiger partial charge in [0, 0.05) is 36.4 Å². The number of nitrogens with zero attached hydrogens (tertiary/aromatic N) is 4. The molecule has 0 bridgehead atoms. The van der Waals surface area contributed by atoms with E-state index in [9.17, 15) is 9.59 Å². The Hall–Kier alpha value is -3.52. The van der Waals surface area contributed by atoms with Crippen LogP contribution in [0.3, 0.4) is 0 Å². The fourth-order valence-electron chi connectivity index (χ4n) is 5.29. The molecule has 1 atom stereocenters. The molecule has 2 fully saturated rings. The van der Waals surface area contributed by atoms with Crippen LogP contribution in [0, 0.1) is 12.8 Å². The highest BCUT2D eigenvalue weighted by molar-refractivity contribution is 5.98. The summed E-state index contributed by atoms with van der Waals surface area (Å²) in [7, 11) is 0. The van der Waals surface area contributed by atoms with Crippen LogP contribution in [0.15, 0.2) is 47.0 Å². The number of carbonyl (C=O) groups excluding carboxylic acids is 2. The SMILES string of the molecule is Cc1ccc(NC(=O)C2CCCN(Cc3nc(-c4ccc(C(C)(C)C)cc4)no3)C2)cc1N1CCCC1=O. The average molecular weight is 516 g/mol. The molecule has 1 N–H and O–H groups in total. The summed E-state index contributed by atoms with van der Waals surface area (Å²) in [5.41, 5.74) is 4.92. The van der Waals surface area contributed by atoms with Crippen molar-refractivity contribution < 1.29 is 14.1 Å². The van der Waals surface area contributed by atoms with Crippen molar-refractivity contribution in [2.75, 3.05) is 29.9 Å². The Labute approximate surface area is 224 Å². The van der Waals surface area contributed by atoms with Crippen molar-refractivity contribution >= 4 is 23.2 Å². The van der Waals surface area contributed by atoms with Crippen LogP contribution in [0.4, 0.5) is 11.4 Å². The van der Waals surface area contributed by atoms with E-state index in [0.29, 0.717) is 31.2 Å². The number of rotatable bonds is 6. The van der Waals surface area contributed by atoms with Gasteiger partial charge in [-0.2, -0.15) is 4.98 Å². The summed E-state index contributed by atoms with van der Waals surface area (Å²) in [6.45, 7) is 11.3. The molecule has 8 heteroatoms. The predicted molar refractivity (Wildman–Crippen MR) is 148 cm³/mol. The zero-order valence-electron chi connectivity index (χ0n) is 22.8. The molecule has 2 saturated heterocycles. The first kappa shape index (κ1) is 26.1. The third kappa shape index (κ3) is 5.80. The molecule has 0 radical (unpaired) electrons. The molecular formula is C30H37N5O3. The molecule has 200 valence electrons. The van der Waals surface area contributed by atoms with E-state index in [2.05, 4.69) is 53.3 Å². The molecule has 8 nitrogen and oxygen atoms in total. The molecular weight excluding hydrogens is 478 g/mol. The minimum atomic E-state index is -0.130. The number of anilines is 2. The van der Waals surface area contributed by atoms with Gasteiger partial charge in [-0.1, -0.05) is 56.3 Å². The summed E-state index contributed by atoms with van der Waals surface area (Å²) in [6, 6.07) is 14.1. The van der Waals surface area contributed by atoms with Crippen LogP contribution >= 0.6 is 0 Å². The van der Waals surface area contributed by atoms with Crippen LogP contribution < -0.4 is 10.2 Å². The Morgan fingerprint density at radius 1 is 1.11 bits per heavy atom. The van der Waals surface area contributed by atoms with Gasteiger partial charge >= 0.3 is 0 Å². The van der Waals surface area contributed by atoms with Gasteiger partial charge in [0.15, 0.2) is 0 Å². The van der Waals surface area contributed by atoms with Gasteiger partial charge in [-0.05, 0) is 61.4 Å². The van der Waals surface area contributed by atoms with E-state index in [-0.39, 0.29) is 23.1 Å². The van der Waals surface area contributed by atoms with Gasteiger partial charge in [0.1, 0.15) is 0 Å². The summed E-state index contributed by atoms with van der Waals surface area (Å²) >= 11 is 0. The Kier molecular flexibility index (Phi) is 7.34. The third-order valence-electron chi connectivity index (χ3n) is 7.55. The molecule has 1 aromatic heterocycles. The number of aromatic nitrogens is 2. The van der Waals surface area contributed by atoms with Crippen molar-refractivity contribution in [1.82, 2.24) is 15.0 Å². The summed E-state index contributed by atoms with van der Waals surface area (Å²) < 4.78 is 5.56. The second-order valence-electron chi connectivity index (χ2n) is 11.6. The highest BCUT2D eigenvalue weighted by Crippen LogP contribution is 2.29. The fourth-order valence-corrected chi connectivity index (χ4v) is 5.29. The fraction of sp³-hybridized carbons (Fsp3) is 0.467. The van der Waals surface area contributed by atoms with Gasteiger partial charge in [0.05, 0.1) is 12.5 Å². The topological polar surface area (TPSA) is 91.6 Å². The quantitative estimate of drug-likeness (QED) is 0.478. The zero-order valence-corrected chi connectivity index (χ0v) is 22.8. The van der Waals surface area contributed by atoms with E-state index >= 15 is 0 Å². The number of likely N-dealkylation sites (tertiary alicyclic amines) is 1. The molecule has 38 heavy (non-hydrogen) atoms. The minimum absolute atomic E-state index is 0.00223. The second-order valence-corrected chi connectivity index (χ2v) is 11.6. The molecule has 2 aromatic carbocycles. The standard InChI is InChI=1S/C30H37N5O3/c1-20-9-14-24(17-25(20)35-16-6-8-27(35)36)31-29(37)22-7-5-15-34(18-22)19-26-32-28(33-38-26)21-10-12-23(13-11-21)30(2,3)4/h9-14,17,22H,5-8,15-16,18-19H2,1-4H3,(H,31,37). The van der Waals surface area contributed by atoms with E-state index in [1.807, 2.05) is 42.2 Å². The van der Waals surface area contributed by atoms with Crippen LogP contribution in [0.2, 0.25) is 0 Å². The van der Waals surface area contributed by atoms with E-state index in [1.165, 1.54) is 5.56 Å². The Balaban J connectivity index is 1.20. The number of amides is 2. The number of carbonyl (C=O) groups is 2. The van der Waals surface area contributed by atoms with Gasteiger partial charge in [0.2, 0.25) is 23.5 Å². The number of aryl methyl sites for hydroxylation is 1.